The molecule has 4 nitrogen and oxygen atoms in total. The Labute approximate surface area is 146 Å². The molecule has 6 heteroatoms. The van der Waals surface area contributed by atoms with Gasteiger partial charge in [0, 0.05) is 23.1 Å². The van der Waals surface area contributed by atoms with Crippen LogP contribution in [-0.2, 0) is 16.6 Å². The summed E-state index contributed by atoms with van der Waals surface area (Å²) in [5.74, 6) is 0. The van der Waals surface area contributed by atoms with Gasteiger partial charge in [-0.1, -0.05) is 54.1 Å². The van der Waals surface area contributed by atoms with Crippen molar-refractivity contribution in [3.05, 3.63) is 65.0 Å². The number of aromatic nitrogens is 1. The number of sulfonamides is 1. The van der Waals surface area contributed by atoms with Crippen LogP contribution in [-0.4, -0.2) is 19.7 Å². The summed E-state index contributed by atoms with van der Waals surface area (Å²) in [6, 6.07) is 16.1. The normalized spacial score (nSPS) is 11.6. The Morgan fingerprint density at radius 3 is 2.25 bits per heavy atom. The third-order valence-corrected chi connectivity index (χ3v) is 5.15. The van der Waals surface area contributed by atoms with Crippen molar-refractivity contribution in [3.8, 4) is 21.8 Å². The molecule has 0 aliphatic carbocycles. The van der Waals surface area contributed by atoms with Crippen LogP contribution >= 0.6 is 11.3 Å². The highest BCUT2D eigenvalue weighted by Gasteiger charge is 2.07. The van der Waals surface area contributed by atoms with E-state index in [9.17, 15) is 8.42 Å². The SMILES string of the molecule is Cc1ccc(-c2csc(-c3ccc(CNS(C)(=O)=O)cc3)n2)cc1. The highest BCUT2D eigenvalue weighted by atomic mass is 32.2. The van der Waals surface area contributed by atoms with Crippen molar-refractivity contribution in [1.29, 1.82) is 0 Å². The fraction of sp³-hybridized carbons (Fsp3) is 0.167. The second-order valence-electron chi connectivity index (χ2n) is 5.69. The van der Waals surface area contributed by atoms with E-state index in [1.54, 1.807) is 11.3 Å². The van der Waals surface area contributed by atoms with Crippen molar-refractivity contribution in [1.82, 2.24) is 9.71 Å². The summed E-state index contributed by atoms with van der Waals surface area (Å²) in [5.41, 5.74) is 5.25. The summed E-state index contributed by atoms with van der Waals surface area (Å²) in [7, 11) is -3.18. The van der Waals surface area contributed by atoms with E-state index < -0.39 is 10.0 Å². The van der Waals surface area contributed by atoms with Gasteiger partial charge in [0.25, 0.3) is 0 Å². The van der Waals surface area contributed by atoms with Crippen molar-refractivity contribution in [2.45, 2.75) is 13.5 Å². The molecule has 0 bridgehead atoms. The molecule has 0 unspecified atom stereocenters. The Bertz CT molecular complexity index is 928. The van der Waals surface area contributed by atoms with Crippen LogP contribution in [0, 0.1) is 6.92 Å². The summed E-state index contributed by atoms with van der Waals surface area (Å²) >= 11 is 1.60. The van der Waals surface area contributed by atoms with Gasteiger partial charge in [0.1, 0.15) is 5.01 Å². The number of hydrogen-bond acceptors (Lipinski definition) is 4. The lowest BCUT2D eigenvalue weighted by atomic mass is 10.1. The first-order valence-corrected chi connectivity index (χ1v) is 10.2. The standard InChI is InChI=1S/C18H18N2O2S2/c1-13-3-7-15(8-4-13)17-12-23-18(20-17)16-9-5-14(6-10-16)11-19-24(2,21)22/h3-10,12,19H,11H2,1-2H3. The molecular weight excluding hydrogens is 340 g/mol. The first-order valence-electron chi connectivity index (χ1n) is 7.47. The fourth-order valence-electron chi connectivity index (χ4n) is 2.24. The molecule has 0 atom stereocenters. The lowest BCUT2D eigenvalue weighted by molar-refractivity contribution is 0.587. The number of aryl methyl sites for hydroxylation is 1. The zero-order chi connectivity index (χ0) is 17.2. The molecule has 24 heavy (non-hydrogen) atoms. The monoisotopic (exact) mass is 358 g/mol. The number of benzene rings is 2. The number of thiazole rings is 1. The summed E-state index contributed by atoms with van der Waals surface area (Å²) in [6.07, 6.45) is 1.16. The summed E-state index contributed by atoms with van der Waals surface area (Å²) in [6.45, 7) is 2.36. The predicted molar refractivity (Wildman–Crippen MR) is 99.4 cm³/mol. The molecule has 3 rings (SSSR count). The molecule has 0 saturated carbocycles. The maximum atomic E-state index is 11.1. The number of nitrogens with one attached hydrogen (secondary N) is 1. The van der Waals surface area contributed by atoms with Crippen molar-refractivity contribution in [3.63, 3.8) is 0 Å². The lowest BCUT2D eigenvalue weighted by Crippen LogP contribution is -2.21. The van der Waals surface area contributed by atoms with E-state index in [4.69, 9.17) is 4.98 Å². The predicted octanol–water partition coefficient (Wildman–Crippen LogP) is 3.83. The fourth-order valence-corrected chi connectivity index (χ4v) is 3.51. The number of nitrogens with zero attached hydrogens (tertiary/aromatic N) is 1. The van der Waals surface area contributed by atoms with Crippen LogP contribution < -0.4 is 4.72 Å². The van der Waals surface area contributed by atoms with Gasteiger partial charge in [0.05, 0.1) is 11.9 Å². The highest BCUT2D eigenvalue weighted by molar-refractivity contribution is 7.88. The van der Waals surface area contributed by atoms with Gasteiger partial charge < -0.3 is 0 Å². The second-order valence-corrected chi connectivity index (χ2v) is 8.39. The molecule has 3 aromatic rings. The Hall–Kier alpha value is -2.02. The molecule has 0 saturated heterocycles. The van der Waals surface area contributed by atoms with Gasteiger partial charge in [-0.05, 0) is 12.5 Å². The number of rotatable bonds is 5. The molecule has 0 radical (unpaired) electrons. The van der Waals surface area contributed by atoms with Crippen molar-refractivity contribution < 1.29 is 8.42 Å². The van der Waals surface area contributed by atoms with Crippen LogP contribution in [0.25, 0.3) is 21.8 Å². The lowest BCUT2D eigenvalue weighted by Gasteiger charge is -2.03. The zero-order valence-corrected chi connectivity index (χ0v) is 15.1. The quantitative estimate of drug-likeness (QED) is 0.754. The molecule has 0 aliphatic rings. The van der Waals surface area contributed by atoms with Crippen molar-refractivity contribution in [2.24, 2.45) is 0 Å². The Balaban J connectivity index is 1.76. The largest absolute Gasteiger partial charge is 0.236 e. The average molecular weight is 358 g/mol. The molecule has 1 N–H and O–H groups in total. The van der Waals surface area contributed by atoms with E-state index in [-0.39, 0.29) is 0 Å². The molecule has 2 aromatic carbocycles. The van der Waals surface area contributed by atoms with Gasteiger partial charge in [-0.3, -0.25) is 0 Å². The first-order chi connectivity index (χ1) is 11.4. The summed E-state index contributed by atoms with van der Waals surface area (Å²) in [5, 5.41) is 3.01. The van der Waals surface area contributed by atoms with E-state index in [1.165, 1.54) is 5.56 Å². The first kappa shape index (κ1) is 16.8. The smallest absolute Gasteiger partial charge is 0.209 e. The van der Waals surface area contributed by atoms with Crippen LogP contribution in [0.3, 0.4) is 0 Å². The highest BCUT2D eigenvalue weighted by Crippen LogP contribution is 2.29. The summed E-state index contributed by atoms with van der Waals surface area (Å²) in [4.78, 5) is 4.70. The molecule has 0 spiro atoms. The second kappa shape index (κ2) is 6.84. The number of hydrogen-bond donors (Lipinski definition) is 1. The van der Waals surface area contributed by atoms with E-state index in [0.717, 1.165) is 33.6 Å². The van der Waals surface area contributed by atoms with E-state index in [0.29, 0.717) is 6.54 Å². The molecule has 0 amide bonds. The van der Waals surface area contributed by atoms with E-state index in [1.807, 2.05) is 24.3 Å². The Morgan fingerprint density at radius 2 is 1.62 bits per heavy atom. The molecule has 1 heterocycles. The van der Waals surface area contributed by atoms with Gasteiger partial charge in [0.15, 0.2) is 0 Å². The third kappa shape index (κ3) is 4.29. The van der Waals surface area contributed by atoms with E-state index >= 15 is 0 Å². The van der Waals surface area contributed by atoms with Gasteiger partial charge in [-0.2, -0.15) is 0 Å². The third-order valence-electron chi connectivity index (χ3n) is 3.59. The molecule has 124 valence electrons. The van der Waals surface area contributed by atoms with Gasteiger partial charge in [-0.25, -0.2) is 18.1 Å². The van der Waals surface area contributed by atoms with Crippen LogP contribution in [0.1, 0.15) is 11.1 Å². The van der Waals surface area contributed by atoms with Gasteiger partial charge in [0.2, 0.25) is 10.0 Å². The van der Waals surface area contributed by atoms with Crippen molar-refractivity contribution in [2.75, 3.05) is 6.26 Å². The molecule has 0 fully saturated rings. The minimum Gasteiger partial charge on any atom is -0.236 e. The topological polar surface area (TPSA) is 59.1 Å². The van der Waals surface area contributed by atoms with E-state index in [2.05, 4.69) is 41.3 Å². The van der Waals surface area contributed by atoms with Gasteiger partial charge >= 0.3 is 0 Å². The maximum Gasteiger partial charge on any atom is 0.209 e. The molecule has 0 aliphatic heterocycles. The Morgan fingerprint density at radius 1 is 1.00 bits per heavy atom. The van der Waals surface area contributed by atoms with Crippen LogP contribution in [0.15, 0.2) is 53.9 Å². The Kier molecular flexibility index (Phi) is 4.80. The zero-order valence-electron chi connectivity index (χ0n) is 13.5. The van der Waals surface area contributed by atoms with Gasteiger partial charge in [-0.15, -0.1) is 11.3 Å². The molecule has 1 aromatic heterocycles. The minimum atomic E-state index is -3.18. The molecular formula is C18H18N2O2S2. The van der Waals surface area contributed by atoms with Crippen molar-refractivity contribution >= 4 is 21.4 Å². The average Bonchev–Trinajstić information content (AvgIpc) is 3.03. The summed E-state index contributed by atoms with van der Waals surface area (Å²) < 4.78 is 24.8. The van der Waals surface area contributed by atoms with Crippen LogP contribution in [0.4, 0.5) is 0 Å². The van der Waals surface area contributed by atoms with Crippen LogP contribution in [0.5, 0.6) is 0 Å². The maximum absolute atomic E-state index is 11.1. The minimum absolute atomic E-state index is 0.297. The van der Waals surface area contributed by atoms with Crippen LogP contribution in [0.2, 0.25) is 0 Å².